The van der Waals surface area contributed by atoms with Gasteiger partial charge in [-0.15, -0.1) is 11.3 Å². The largest absolute Gasteiger partial charge is 0.244 e. The Morgan fingerprint density at radius 3 is 2.58 bits per heavy atom. The molecule has 1 fully saturated rings. The van der Waals surface area contributed by atoms with Gasteiger partial charge >= 0.3 is 0 Å². The number of hydrogen-bond donors (Lipinski definition) is 0. The lowest BCUT2D eigenvalue weighted by Gasteiger charge is -2.30. The van der Waals surface area contributed by atoms with Crippen LogP contribution in [0.1, 0.15) is 29.3 Å². The summed E-state index contributed by atoms with van der Waals surface area (Å²) >= 11 is 7.90. The van der Waals surface area contributed by atoms with E-state index in [9.17, 15) is 8.42 Å². The highest BCUT2D eigenvalue weighted by Crippen LogP contribution is 2.36. The Morgan fingerprint density at radius 1 is 1.15 bits per heavy atom. The molecule has 0 spiro atoms. The van der Waals surface area contributed by atoms with E-state index in [1.54, 1.807) is 33.8 Å². The summed E-state index contributed by atoms with van der Waals surface area (Å²) < 4.78 is 28.6. The number of piperidine rings is 1. The summed E-state index contributed by atoms with van der Waals surface area (Å²) in [6, 6.07) is 13.2. The lowest BCUT2D eigenvalue weighted by Crippen LogP contribution is -2.38. The molecule has 1 aromatic heterocycles. The van der Waals surface area contributed by atoms with E-state index >= 15 is 0 Å². The first-order chi connectivity index (χ1) is 12.4. The average molecular weight is 407 g/mol. The van der Waals surface area contributed by atoms with Crippen molar-refractivity contribution in [2.24, 2.45) is 0 Å². The van der Waals surface area contributed by atoms with Gasteiger partial charge in [-0.25, -0.2) is 13.4 Å². The molecule has 1 saturated heterocycles. The predicted octanol–water partition coefficient (Wildman–Crippen LogP) is 4.83. The van der Waals surface area contributed by atoms with Crippen molar-refractivity contribution in [1.29, 1.82) is 0 Å². The fraction of sp³-hybridized carbons (Fsp3) is 0.316. The molecule has 2 heterocycles. The SMILES string of the molecule is Cc1ccc(S(=O)(=O)N2CCC(c3nc4ccccc4s3)CC2)c(Cl)c1. The van der Waals surface area contributed by atoms with Crippen LogP contribution in [0.5, 0.6) is 0 Å². The fourth-order valence-corrected chi connectivity index (χ4v) is 6.54. The molecule has 136 valence electrons. The van der Waals surface area contributed by atoms with Crippen LogP contribution in [0.4, 0.5) is 0 Å². The van der Waals surface area contributed by atoms with Crippen LogP contribution < -0.4 is 0 Å². The fourth-order valence-electron chi connectivity index (χ4n) is 3.36. The summed E-state index contributed by atoms with van der Waals surface area (Å²) in [6.07, 6.45) is 1.56. The Hall–Kier alpha value is -1.47. The second-order valence-electron chi connectivity index (χ2n) is 6.63. The van der Waals surface area contributed by atoms with E-state index in [1.165, 1.54) is 4.70 Å². The first-order valence-corrected chi connectivity index (χ1v) is 11.2. The summed E-state index contributed by atoms with van der Waals surface area (Å²) in [7, 11) is -3.56. The van der Waals surface area contributed by atoms with E-state index in [4.69, 9.17) is 16.6 Å². The van der Waals surface area contributed by atoms with Crippen molar-refractivity contribution < 1.29 is 8.42 Å². The zero-order valence-corrected chi connectivity index (χ0v) is 16.7. The molecular weight excluding hydrogens is 388 g/mol. The zero-order chi connectivity index (χ0) is 18.3. The molecule has 4 nitrogen and oxygen atoms in total. The monoisotopic (exact) mass is 406 g/mol. The molecule has 26 heavy (non-hydrogen) atoms. The van der Waals surface area contributed by atoms with Crippen LogP contribution in [-0.4, -0.2) is 30.8 Å². The van der Waals surface area contributed by atoms with E-state index in [2.05, 4.69) is 6.07 Å². The molecule has 3 aromatic rings. The third-order valence-corrected chi connectivity index (χ3v) is 8.40. The number of rotatable bonds is 3. The van der Waals surface area contributed by atoms with Gasteiger partial charge in [0.1, 0.15) is 4.90 Å². The highest BCUT2D eigenvalue weighted by molar-refractivity contribution is 7.89. The topological polar surface area (TPSA) is 50.3 Å². The van der Waals surface area contributed by atoms with Gasteiger partial charge < -0.3 is 0 Å². The molecule has 7 heteroatoms. The van der Waals surface area contributed by atoms with Crippen LogP contribution in [0.3, 0.4) is 0 Å². The van der Waals surface area contributed by atoms with Crippen molar-refractivity contribution in [2.75, 3.05) is 13.1 Å². The van der Waals surface area contributed by atoms with Gasteiger partial charge in [0.25, 0.3) is 0 Å². The van der Waals surface area contributed by atoms with E-state index < -0.39 is 10.0 Å². The molecule has 0 saturated carbocycles. The third-order valence-electron chi connectivity index (χ3n) is 4.82. The molecule has 0 amide bonds. The Morgan fingerprint density at radius 2 is 1.88 bits per heavy atom. The van der Waals surface area contributed by atoms with E-state index in [-0.39, 0.29) is 4.90 Å². The van der Waals surface area contributed by atoms with E-state index in [0.29, 0.717) is 24.0 Å². The Balaban J connectivity index is 1.52. The van der Waals surface area contributed by atoms with Gasteiger partial charge in [-0.3, -0.25) is 0 Å². The lowest BCUT2D eigenvalue weighted by molar-refractivity contribution is 0.319. The summed E-state index contributed by atoms with van der Waals surface area (Å²) in [5.41, 5.74) is 1.97. The normalized spacial score (nSPS) is 17.0. The standard InChI is InChI=1S/C19H19ClN2O2S2/c1-13-6-7-18(15(20)12-13)26(23,24)22-10-8-14(9-11-22)19-21-16-4-2-3-5-17(16)25-19/h2-7,12,14H,8-11H2,1H3. The summed E-state index contributed by atoms with van der Waals surface area (Å²) in [5.74, 6) is 0.312. The first kappa shape index (κ1) is 17.9. The quantitative estimate of drug-likeness (QED) is 0.626. The number of sulfonamides is 1. The summed E-state index contributed by atoms with van der Waals surface area (Å²) in [4.78, 5) is 4.93. The lowest BCUT2D eigenvalue weighted by atomic mass is 9.99. The van der Waals surface area contributed by atoms with Gasteiger partial charge in [0.15, 0.2) is 0 Å². The Kier molecular flexibility index (Phi) is 4.77. The summed E-state index contributed by atoms with van der Waals surface area (Å²) in [5, 5.41) is 1.40. The highest BCUT2D eigenvalue weighted by Gasteiger charge is 2.32. The molecule has 0 atom stereocenters. The third kappa shape index (κ3) is 3.27. The zero-order valence-electron chi connectivity index (χ0n) is 14.4. The van der Waals surface area contributed by atoms with Crippen molar-refractivity contribution in [3.8, 4) is 0 Å². The second-order valence-corrected chi connectivity index (χ2v) is 10.0. The van der Waals surface area contributed by atoms with Crippen molar-refractivity contribution in [3.63, 3.8) is 0 Å². The molecule has 0 aliphatic carbocycles. The smallest absolute Gasteiger partial charge is 0.241 e. The molecule has 1 aliphatic rings. The Bertz CT molecular complexity index is 1020. The number of benzene rings is 2. The van der Waals surface area contributed by atoms with Crippen molar-refractivity contribution in [1.82, 2.24) is 9.29 Å². The minimum Gasteiger partial charge on any atom is -0.241 e. The minimum atomic E-state index is -3.56. The first-order valence-electron chi connectivity index (χ1n) is 8.57. The average Bonchev–Trinajstić information content (AvgIpc) is 3.05. The van der Waals surface area contributed by atoms with Crippen LogP contribution in [0.2, 0.25) is 5.02 Å². The van der Waals surface area contributed by atoms with E-state index in [0.717, 1.165) is 28.9 Å². The molecular formula is C19H19ClN2O2S2. The van der Waals surface area contributed by atoms with Gasteiger partial charge in [0.2, 0.25) is 10.0 Å². The maximum atomic E-state index is 12.9. The van der Waals surface area contributed by atoms with Crippen molar-refractivity contribution in [3.05, 3.63) is 58.1 Å². The molecule has 2 aromatic carbocycles. The number of para-hydroxylation sites is 1. The van der Waals surface area contributed by atoms with Gasteiger partial charge in [-0.2, -0.15) is 4.31 Å². The number of halogens is 1. The molecule has 0 bridgehead atoms. The maximum Gasteiger partial charge on any atom is 0.244 e. The van der Waals surface area contributed by atoms with E-state index in [1.807, 2.05) is 25.1 Å². The molecule has 1 aliphatic heterocycles. The molecule has 0 N–H and O–H groups in total. The van der Waals surface area contributed by atoms with Crippen molar-refractivity contribution >= 4 is 43.2 Å². The number of hydrogen-bond acceptors (Lipinski definition) is 4. The summed E-state index contributed by atoms with van der Waals surface area (Å²) in [6.45, 7) is 2.88. The molecule has 0 radical (unpaired) electrons. The maximum absolute atomic E-state index is 12.9. The van der Waals surface area contributed by atoms with Crippen LogP contribution in [0.15, 0.2) is 47.4 Å². The number of nitrogens with zero attached hydrogens (tertiary/aromatic N) is 2. The van der Waals surface area contributed by atoms with Crippen LogP contribution in [0, 0.1) is 6.92 Å². The number of aryl methyl sites for hydroxylation is 1. The van der Waals surface area contributed by atoms with Crippen molar-refractivity contribution in [2.45, 2.75) is 30.6 Å². The predicted molar refractivity (Wildman–Crippen MR) is 107 cm³/mol. The minimum absolute atomic E-state index is 0.197. The van der Waals surface area contributed by atoms with Gasteiger partial charge in [0.05, 0.1) is 20.2 Å². The van der Waals surface area contributed by atoms with Crippen LogP contribution >= 0.6 is 22.9 Å². The van der Waals surface area contributed by atoms with Gasteiger partial charge in [-0.05, 0) is 49.6 Å². The van der Waals surface area contributed by atoms with Crippen LogP contribution in [0.25, 0.3) is 10.2 Å². The van der Waals surface area contributed by atoms with Gasteiger partial charge in [0, 0.05) is 19.0 Å². The highest BCUT2D eigenvalue weighted by atomic mass is 35.5. The second kappa shape index (κ2) is 6.93. The Labute approximate surface area is 162 Å². The number of thiazole rings is 1. The van der Waals surface area contributed by atoms with Gasteiger partial charge in [-0.1, -0.05) is 29.8 Å². The van der Waals surface area contributed by atoms with Crippen LogP contribution in [-0.2, 0) is 10.0 Å². The molecule has 4 rings (SSSR count). The molecule has 0 unspecified atom stereocenters. The number of aromatic nitrogens is 1. The number of fused-ring (bicyclic) bond motifs is 1.